The van der Waals surface area contributed by atoms with E-state index in [1.165, 1.54) is 12.2 Å². The van der Waals surface area contributed by atoms with Crippen molar-refractivity contribution in [3.8, 4) is 5.75 Å². The fraction of sp³-hybridized carbons (Fsp3) is 0.333. The van der Waals surface area contributed by atoms with Crippen LogP contribution in [0.15, 0.2) is 39.6 Å². The molecule has 0 N–H and O–H groups in total. The Morgan fingerprint density at radius 3 is 2.83 bits per heavy atom. The summed E-state index contributed by atoms with van der Waals surface area (Å²) in [6, 6.07) is 6.96. The Hall–Kier alpha value is -2.56. The van der Waals surface area contributed by atoms with E-state index in [0.717, 1.165) is 18.2 Å². The number of benzene rings is 1. The summed E-state index contributed by atoms with van der Waals surface area (Å²) in [7, 11) is 0. The Bertz CT molecular complexity index is 758. The van der Waals surface area contributed by atoms with Crippen LogP contribution >= 0.6 is 0 Å². The lowest BCUT2D eigenvalue weighted by molar-refractivity contribution is -0.137. The smallest absolute Gasteiger partial charge is 0.343 e. The maximum absolute atomic E-state index is 12.0. The van der Waals surface area contributed by atoms with Crippen LogP contribution < -0.4 is 10.4 Å². The molecule has 23 heavy (non-hydrogen) atoms. The summed E-state index contributed by atoms with van der Waals surface area (Å²) in [5, 5.41) is 0.757. The van der Waals surface area contributed by atoms with Crippen molar-refractivity contribution >= 4 is 23.0 Å². The van der Waals surface area contributed by atoms with Crippen LogP contribution in [0.3, 0.4) is 0 Å². The first-order valence-corrected chi connectivity index (χ1v) is 7.69. The lowest BCUT2D eigenvalue weighted by atomic mass is 10.1. The van der Waals surface area contributed by atoms with Crippen molar-refractivity contribution in [2.75, 3.05) is 13.2 Å². The standard InChI is InChI=1S/C18H20O5/c1-3-5-10-22-17(19)9-7-14-11-13-6-8-15(21-4-2)12-16(13)23-18(14)20/h6-9,11-12H,3-5,10H2,1-2H3/b9-7+. The largest absolute Gasteiger partial charge is 0.494 e. The predicted molar refractivity (Wildman–Crippen MR) is 88.6 cm³/mol. The Balaban J connectivity index is 2.18. The summed E-state index contributed by atoms with van der Waals surface area (Å²) in [6.07, 6.45) is 4.42. The van der Waals surface area contributed by atoms with E-state index in [-0.39, 0.29) is 0 Å². The molecule has 0 fully saturated rings. The van der Waals surface area contributed by atoms with E-state index >= 15 is 0 Å². The van der Waals surface area contributed by atoms with E-state index in [4.69, 9.17) is 13.9 Å². The molecule has 5 heteroatoms. The van der Waals surface area contributed by atoms with Gasteiger partial charge in [-0.15, -0.1) is 0 Å². The van der Waals surface area contributed by atoms with Gasteiger partial charge < -0.3 is 13.9 Å². The third-order valence-electron chi connectivity index (χ3n) is 3.19. The molecule has 1 heterocycles. The lowest BCUT2D eigenvalue weighted by Gasteiger charge is -2.04. The molecule has 0 saturated carbocycles. The van der Waals surface area contributed by atoms with Gasteiger partial charge in [0.15, 0.2) is 0 Å². The number of unbranched alkanes of at least 4 members (excludes halogenated alkanes) is 1. The highest BCUT2D eigenvalue weighted by molar-refractivity contribution is 5.88. The number of carbonyl (C=O) groups excluding carboxylic acids is 1. The summed E-state index contributed by atoms with van der Waals surface area (Å²) in [5.74, 6) is 0.176. The summed E-state index contributed by atoms with van der Waals surface area (Å²) >= 11 is 0. The molecule has 0 atom stereocenters. The highest BCUT2D eigenvalue weighted by Crippen LogP contribution is 2.20. The van der Waals surface area contributed by atoms with Crippen LogP contribution in [0, 0.1) is 0 Å². The molecule has 0 aliphatic heterocycles. The monoisotopic (exact) mass is 316 g/mol. The second-order valence-corrected chi connectivity index (χ2v) is 4.98. The van der Waals surface area contributed by atoms with E-state index in [0.29, 0.717) is 30.1 Å². The van der Waals surface area contributed by atoms with Gasteiger partial charge in [0.05, 0.1) is 18.8 Å². The molecule has 1 aromatic carbocycles. The van der Waals surface area contributed by atoms with Gasteiger partial charge >= 0.3 is 11.6 Å². The molecule has 0 radical (unpaired) electrons. The first kappa shape index (κ1) is 16.8. The van der Waals surface area contributed by atoms with Crippen molar-refractivity contribution in [2.45, 2.75) is 26.7 Å². The molecule has 5 nitrogen and oxygen atoms in total. The summed E-state index contributed by atoms with van der Waals surface area (Å²) in [5.41, 5.74) is 0.237. The van der Waals surface area contributed by atoms with E-state index in [1.54, 1.807) is 24.3 Å². The van der Waals surface area contributed by atoms with Crippen LogP contribution in [0.4, 0.5) is 0 Å². The number of ether oxygens (including phenoxy) is 2. The van der Waals surface area contributed by atoms with Crippen molar-refractivity contribution in [1.82, 2.24) is 0 Å². The molecule has 0 unspecified atom stereocenters. The van der Waals surface area contributed by atoms with Crippen molar-refractivity contribution in [2.24, 2.45) is 0 Å². The molecule has 0 amide bonds. The Morgan fingerprint density at radius 1 is 1.26 bits per heavy atom. The molecule has 1 aromatic heterocycles. The highest BCUT2D eigenvalue weighted by Gasteiger charge is 2.05. The van der Waals surface area contributed by atoms with Gasteiger partial charge in [-0.05, 0) is 37.6 Å². The van der Waals surface area contributed by atoms with Crippen LogP contribution in [0.2, 0.25) is 0 Å². The van der Waals surface area contributed by atoms with Gasteiger partial charge in [0.2, 0.25) is 0 Å². The molecule has 0 aliphatic rings. The van der Waals surface area contributed by atoms with Crippen LogP contribution in [0.25, 0.3) is 17.0 Å². The summed E-state index contributed by atoms with van der Waals surface area (Å²) in [6.45, 7) is 4.82. The van der Waals surface area contributed by atoms with Gasteiger partial charge in [-0.1, -0.05) is 13.3 Å². The number of hydrogen-bond donors (Lipinski definition) is 0. The van der Waals surface area contributed by atoms with E-state index in [1.807, 2.05) is 13.8 Å². The fourth-order valence-corrected chi connectivity index (χ4v) is 2.00. The minimum Gasteiger partial charge on any atom is -0.494 e. The van der Waals surface area contributed by atoms with Gasteiger partial charge in [-0.3, -0.25) is 0 Å². The lowest BCUT2D eigenvalue weighted by Crippen LogP contribution is -2.05. The number of rotatable bonds is 7. The van der Waals surface area contributed by atoms with Crippen molar-refractivity contribution in [3.63, 3.8) is 0 Å². The van der Waals surface area contributed by atoms with Crippen molar-refractivity contribution < 1.29 is 18.7 Å². The fourth-order valence-electron chi connectivity index (χ4n) is 2.00. The number of esters is 1. The summed E-state index contributed by atoms with van der Waals surface area (Å²) in [4.78, 5) is 23.5. The van der Waals surface area contributed by atoms with Crippen molar-refractivity contribution in [1.29, 1.82) is 0 Å². The zero-order valence-corrected chi connectivity index (χ0v) is 13.3. The van der Waals surface area contributed by atoms with Gasteiger partial charge in [-0.2, -0.15) is 0 Å². The van der Waals surface area contributed by atoms with Gasteiger partial charge in [0.25, 0.3) is 0 Å². The second-order valence-electron chi connectivity index (χ2n) is 4.98. The SMILES string of the molecule is CCCCOC(=O)/C=C/c1cc2ccc(OCC)cc2oc1=O. The molecule has 2 rings (SSSR count). The van der Waals surface area contributed by atoms with Gasteiger partial charge in [0.1, 0.15) is 11.3 Å². The molecule has 0 spiro atoms. The molecule has 0 aliphatic carbocycles. The zero-order chi connectivity index (χ0) is 16.7. The molecular formula is C18H20O5. The van der Waals surface area contributed by atoms with E-state index in [9.17, 15) is 9.59 Å². The Morgan fingerprint density at radius 2 is 2.09 bits per heavy atom. The minimum absolute atomic E-state index is 0.300. The van der Waals surface area contributed by atoms with Gasteiger partial charge in [0, 0.05) is 17.5 Å². The van der Waals surface area contributed by atoms with E-state index in [2.05, 4.69) is 0 Å². The molecular weight excluding hydrogens is 296 g/mol. The van der Waals surface area contributed by atoms with Crippen molar-refractivity contribution in [3.05, 3.63) is 46.3 Å². The maximum atomic E-state index is 12.0. The van der Waals surface area contributed by atoms with Crippen LogP contribution in [-0.4, -0.2) is 19.2 Å². The highest BCUT2D eigenvalue weighted by atomic mass is 16.5. The van der Waals surface area contributed by atoms with Crippen LogP contribution in [0.5, 0.6) is 5.75 Å². The summed E-state index contributed by atoms with van der Waals surface area (Å²) < 4.78 is 15.6. The quantitative estimate of drug-likeness (QED) is 0.338. The van der Waals surface area contributed by atoms with Gasteiger partial charge in [-0.25, -0.2) is 9.59 Å². The number of carbonyl (C=O) groups is 1. The Kier molecular flexibility index (Phi) is 5.97. The molecule has 2 aromatic rings. The first-order chi connectivity index (χ1) is 11.1. The maximum Gasteiger partial charge on any atom is 0.343 e. The third kappa shape index (κ3) is 4.71. The second kappa shape index (κ2) is 8.17. The molecule has 122 valence electrons. The molecule has 0 bridgehead atoms. The van der Waals surface area contributed by atoms with Crippen LogP contribution in [-0.2, 0) is 9.53 Å². The average Bonchev–Trinajstić information content (AvgIpc) is 2.53. The molecule has 0 saturated heterocycles. The normalized spacial score (nSPS) is 11.0. The predicted octanol–water partition coefficient (Wildman–Crippen LogP) is 3.55. The number of fused-ring (bicyclic) bond motifs is 1. The minimum atomic E-state index is -0.510. The number of hydrogen-bond acceptors (Lipinski definition) is 5. The first-order valence-electron chi connectivity index (χ1n) is 7.69. The third-order valence-corrected chi connectivity index (χ3v) is 3.19. The van der Waals surface area contributed by atoms with E-state index < -0.39 is 11.6 Å². The van der Waals surface area contributed by atoms with Crippen LogP contribution in [0.1, 0.15) is 32.3 Å². The Labute approximate surface area is 134 Å². The zero-order valence-electron chi connectivity index (χ0n) is 13.3. The topological polar surface area (TPSA) is 65.7 Å². The average molecular weight is 316 g/mol.